The van der Waals surface area contributed by atoms with E-state index in [4.69, 9.17) is 0 Å². The first kappa shape index (κ1) is 13.5. The Morgan fingerprint density at radius 3 is 2.75 bits per heavy atom. The van der Waals surface area contributed by atoms with E-state index in [1.54, 1.807) is 19.2 Å². The highest BCUT2D eigenvalue weighted by molar-refractivity contribution is 6.23. The zero-order valence-electron chi connectivity index (χ0n) is 10.8. The molecule has 0 saturated heterocycles. The van der Waals surface area contributed by atoms with E-state index in [-0.39, 0.29) is 22.9 Å². The number of carbonyl (C=O) groups is 1. The van der Waals surface area contributed by atoms with Crippen LogP contribution >= 0.6 is 0 Å². The van der Waals surface area contributed by atoms with Crippen molar-refractivity contribution in [2.24, 2.45) is 7.05 Å². The van der Waals surface area contributed by atoms with Gasteiger partial charge in [0.25, 0.3) is 5.69 Å². The van der Waals surface area contributed by atoms with Crippen molar-refractivity contribution < 1.29 is 9.72 Å². The lowest BCUT2D eigenvalue weighted by Crippen LogP contribution is -2.00. The van der Waals surface area contributed by atoms with Crippen molar-refractivity contribution in [3.8, 4) is 0 Å². The molecule has 0 radical (unpaired) electrons. The van der Waals surface area contributed by atoms with Gasteiger partial charge in [-0.2, -0.15) is 4.80 Å². The maximum absolute atomic E-state index is 11.7. The van der Waals surface area contributed by atoms with E-state index in [2.05, 4.69) is 15.4 Å². The summed E-state index contributed by atoms with van der Waals surface area (Å²) >= 11 is 0. The van der Waals surface area contributed by atoms with Crippen molar-refractivity contribution in [3.63, 3.8) is 0 Å². The minimum absolute atomic E-state index is 0.0474. The highest BCUT2D eigenvalue weighted by Gasteiger charge is 2.14. The molecule has 0 N–H and O–H groups in total. The van der Waals surface area contributed by atoms with Gasteiger partial charge in [0.1, 0.15) is 0 Å². The average molecular weight is 273 g/mol. The lowest BCUT2D eigenvalue weighted by atomic mass is 10.1. The van der Waals surface area contributed by atoms with Crippen LogP contribution in [0.5, 0.6) is 0 Å². The molecule has 2 aromatic rings. The number of non-ortho nitro benzene ring substituents is 1. The second-order valence-electron chi connectivity index (χ2n) is 4.07. The number of allylic oxidation sites excluding steroid dienone is 1. The predicted molar refractivity (Wildman–Crippen MR) is 70.4 cm³/mol. The number of aryl methyl sites for hydroxylation is 1. The summed E-state index contributed by atoms with van der Waals surface area (Å²) in [6.07, 6.45) is 1.51. The molecule has 2 rings (SSSR count). The largest absolute Gasteiger partial charge is 0.294 e. The SMILES string of the molecule is CC(=O)/C(=C\c1cccc([N+](=O)[O-])c1)c1nnn(C)n1. The molecule has 0 bridgehead atoms. The Balaban J connectivity index is 2.46. The van der Waals surface area contributed by atoms with Crippen LogP contribution in [0.25, 0.3) is 11.6 Å². The third kappa shape index (κ3) is 2.91. The summed E-state index contributed by atoms with van der Waals surface area (Å²) in [7, 11) is 1.58. The second kappa shape index (κ2) is 5.39. The molecule has 8 nitrogen and oxygen atoms in total. The highest BCUT2D eigenvalue weighted by Crippen LogP contribution is 2.19. The summed E-state index contributed by atoms with van der Waals surface area (Å²) in [6.45, 7) is 1.37. The number of aromatic nitrogens is 4. The zero-order chi connectivity index (χ0) is 14.7. The molecule has 0 spiro atoms. The van der Waals surface area contributed by atoms with Crippen molar-refractivity contribution in [1.29, 1.82) is 0 Å². The van der Waals surface area contributed by atoms with Crippen LogP contribution in [0.15, 0.2) is 24.3 Å². The number of benzene rings is 1. The summed E-state index contributed by atoms with van der Waals surface area (Å²) in [5.41, 5.74) is 0.726. The topological polar surface area (TPSA) is 104 Å². The maximum Gasteiger partial charge on any atom is 0.270 e. The number of Topliss-reactive ketones (excluding diaryl/α,β-unsaturated/α-hetero) is 1. The Morgan fingerprint density at radius 2 is 2.20 bits per heavy atom. The van der Waals surface area contributed by atoms with Gasteiger partial charge in [0.15, 0.2) is 5.78 Å². The standard InChI is InChI=1S/C12H11N5O3/c1-8(18)11(12-13-15-16(2)14-12)7-9-4-3-5-10(6-9)17(19)20/h3-7H,1-2H3/b11-7+. The summed E-state index contributed by atoms with van der Waals surface area (Å²) in [6, 6.07) is 5.96. The molecule has 0 amide bonds. The molecule has 0 aliphatic carbocycles. The van der Waals surface area contributed by atoms with Crippen molar-refractivity contribution in [2.75, 3.05) is 0 Å². The molecular weight excluding hydrogens is 262 g/mol. The Bertz CT molecular complexity index is 705. The van der Waals surface area contributed by atoms with Gasteiger partial charge < -0.3 is 0 Å². The van der Waals surface area contributed by atoms with Crippen LogP contribution in [0.4, 0.5) is 5.69 Å². The molecule has 0 aliphatic rings. The van der Waals surface area contributed by atoms with Crippen LogP contribution in [0.1, 0.15) is 18.3 Å². The van der Waals surface area contributed by atoms with Crippen LogP contribution in [-0.2, 0) is 11.8 Å². The van der Waals surface area contributed by atoms with E-state index < -0.39 is 4.92 Å². The molecule has 20 heavy (non-hydrogen) atoms. The first-order chi connectivity index (χ1) is 9.47. The number of carbonyl (C=O) groups excluding carboxylic acids is 1. The Morgan fingerprint density at radius 1 is 1.45 bits per heavy atom. The van der Waals surface area contributed by atoms with Gasteiger partial charge in [-0.25, -0.2) is 0 Å². The Kier molecular flexibility index (Phi) is 3.65. The molecule has 1 heterocycles. The molecule has 0 saturated carbocycles. The zero-order valence-corrected chi connectivity index (χ0v) is 10.8. The van der Waals surface area contributed by atoms with Gasteiger partial charge in [-0.1, -0.05) is 12.1 Å². The molecule has 0 atom stereocenters. The first-order valence-corrected chi connectivity index (χ1v) is 5.69. The number of tetrazole rings is 1. The monoisotopic (exact) mass is 273 g/mol. The molecule has 1 aromatic heterocycles. The van der Waals surface area contributed by atoms with E-state index in [0.717, 1.165) is 0 Å². The Hall–Kier alpha value is -2.90. The number of hydrogen-bond donors (Lipinski definition) is 0. The minimum atomic E-state index is -0.495. The smallest absolute Gasteiger partial charge is 0.270 e. The minimum Gasteiger partial charge on any atom is -0.294 e. The highest BCUT2D eigenvalue weighted by atomic mass is 16.6. The molecule has 8 heteroatoms. The summed E-state index contributed by atoms with van der Waals surface area (Å²) in [5.74, 6) is -0.0592. The second-order valence-corrected chi connectivity index (χ2v) is 4.07. The molecule has 0 aliphatic heterocycles. The average Bonchev–Trinajstić information content (AvgIpc) is 2.82. The lowest BCUT2D eigenvalue weighted by Gasteiger charge is -1.99. The number of hydrogen-bond acceptors (Lipinski definition) is 6. The summed E-state index contributed by atoms with van der Waals surface area (Å²) in [4.78, 5) is 23.1. The quantitative estimate of drug-likeness (QED) is 0.471. The normalized spacial score (nSPS) is 11.4. The summed E-state index contributed by atoms with van der Waals surface area (Å²) in [5, 5.41) is 22.1. The maximum atomic E-state index is 11.7. The predicted octanol–water partition coefficient (Wildman–Crippen LogP) is 1.25. The van der Waals surface area contributed by atoms with Gasteiger partial charge in [0.2, 0.25) is 5.82 Å². The van der Waals surface area contributed by atoms with Crippen molar-refractivity contribution >= 4 is 23.1 Å². The third-order valence-corrected chi connectivity index (χ3v) is 2.52. The van der Waals surface area contributed by atoms with Crippen molar-refractivity contribution in [1.82, 2.24) is 20.2 Å². The summed E-state index contributed by atoms with van der Waals surface area (Å²) < 4.78 is 0. The number of ketones is 1. The Labute approximate surface area is 113 Å². The van der Waals surface area contributed by atoms with Crippen LogP contribution in [-0.4, -0.2) is 30.9 Å². The van der Waals surface area contributed by atoms with Gasteiger partial charge in [0.05, 0.1) is 17.5 Å². The van der Waals surface area contributed by atoms with E-state index >= 15 is 0 Å². The number of rotatable bonds is 4. The fraction of sp³-hybridized carbons (Fsp3) is 0.167. The first-order valence-electron chi connectivity index (χ1n) is 5.69. The van der Waals surface area contributed by atoms with Crippen LogP contribution in [0, 0.1) is 10.1 Å². The van der Waals surface area contributed by atoms with E-state index in [9.17, 15) is 14.9 Å². The van der Waals surface area contributed by atoms with Crippen LogP contribution < -0.4 is 0 Å². The van der Waals surface area contributed by atoms with Gasteiger partial charge in [-0.15, -0.1) is 10.2 Å². The fourth-order valence-corrected chi connectivity index (χ4v) is 1.61. The van der Waals surface area contributed by atoms with E-state index in [0.29, 0.717) is 5.56 Å². The van der Waals surface area contributed by atoms with E-state index in [1.807, 2.05) is 0 Å². The molecular formula is C12H11N5O3. The molecule has 102 valence electrons. The fourth-order valence-electron chi connectivity index (χ4n) is 1.61. The van der Waals surface area contributed by atoms with E-state index in [1.165, 1.54) is 29.9 Å². The molecule has 0 unspecified atom stereocenters. The van der Waals surface area contributed by atoms with Crippen LogP contribution in [0.3, 0.4) is 0 Å². The van der Waals surface area contributed by atoms with Crippen LogP contribution in [0.2, 0.25) is 0 Å². The lowest BCUT2D eigenvalue weighted by molar-refractivity contribution is -0.384. The number of nitro groups is 1. The van der Waals surface area contributed by atoms with Gasteiger partial charge in [0, 0.05) is 12.1 Å². The molecule has 1 aromatic carbocycles. The number of nitro benzene ring substituents is 1. The van der Waals surface area contributed by atoms with Crippen molar-refractivity contribution in [2.45, 2.75) is 6.92 Å². The third-order valence-electron chi connectivity index (χ3n) is 2.52. The van der Waals surface area contributed by atoms with Gasteiger partial charge >= 0.3 is 0 Å². The van der Waals surface area contributed by atoms with Crippen molar-refractivity contribution in [3.05, 3.63) is 45.8 Å². The molecule has 0 fully saturated rings. The van der Waals surface area contributed by atoms with Gasteiger partial charge in [-0.05, 0) is 23.8 Å². The van der Waals surface area contributed by atoms with Gasteiger partial charge in [-0.3, -0.25) is 14.9 Å². The number of nitrogens with zero attached hydrogens (tertiary/aromatic N) is 5.